The van der Waals surface area contributed by atoms with Gasteiger partial charge in [0.15, 0.2) is 11.4 Å². The molecule has 6 heteroatoms. The highest BCUT2D eigenvalue weighted by Crippen LogP contribution is 2.27. The molecule has 0 bridgehead atoms. The molecule has 0 aliphatic carbocycles. The van der Waals surface area contributed by atoms with Gasteiger partial charge in [0.25, 0.3) is 0 Å². The molecule has 6 nitrogen and oxygen atoms in total. The number of hydrogen-bond donors (Lipinski definition) is 2. The van der Waals surface area contributed by atoms with Gasteiger partial charge in [-0.15, -0.1) is 0 Å². The van der Waals surface area contributed by atoms with Crippen molar-refractivity contribution in [3.8, 4) is 11.5 Å². The number of rotatable bonds is 1. The maximum atomic E-state index is 11.2. The van der Waals surface area contributed by atoms with Crippen molar-refractivity contribution < 1.29 is 19.7 Å². The maximum Gasteiger partial charge on any atom is 0.360 e. The summed E-state index contributed by atoms with van der Waals surface area (Å²) in [4.78, 5) is 18.8. The number of pyridine rings is 2. The van der Waals surface area contributed by atoms with E-state index >= 15 is 0 Å². The van der Waals surface area contributed by atoms with Crippen LogP contribution in [0.25, 0.3) is 10.9 Å². The molecule has 0 atom stereocenters. The predicted molar refractivity (Wildman–Crippen MR) is 54.2 cm³/mol. The fraction of sp³-hybridized carbons (Fsp3) is 0.100. The maximum absolute atomic E-state index is 11.2. The molecule has 0 fully saturated rings. The van der Waals surface area contributed by atoms with E-state index in [1.807, 2.05) is 0 Å². The minimum Gasteiger partial charge on any atom is -0.506 e. The first-order valence-electron chi connectivity index (χ1n) is 4.38. The Labute approximate surface area is 90.1 Å². The molecule has 0 aliphatic heterocycles. The van der Waals surface area contributed by atoms with Crippen LogP contribution in [0.2, 0.25) is 0 Å². The molecule has 0 spiro atoms. The monoisotopic (exact) mass is 220 g/mol. The highest BCUT2D eigenvalue weighted by molar-refractivity contribution is 5.97. The average molecular weight is 220 g/mol. The van der Waals surface area contributed by atoms with E-state index in [-0.39, 0.29) is 22.7 Å². The molecule has 0 radical (unpaired) electrons. The van der Waals surface area contributed by atoms with Gasteiger partial charge in [-0.2, -0.15) is 0 Å². The van der Waals surface area contributed by atoms with Gasteiger partial charge in [0.1, 0.15) is 11.3 Å². The van der Waals surface area contributed by atoms with Crippen LogP contribution >= 0.6 is 0 Å². The van der Waals surface area contributed by atoms with Gasteiger partial charge >= 0.3 is 5.97 Å². The summed E-state index contributed by atoms with van der Waals surface area (Å²) in [5, 5.41) is 19.4. The third kappa shape index (κ3) is 1.50. The van der Waals surface area contributed by atoms with Crippen molar-refractivity contribution >= 4 is 16.9 Å². The van der Waals surface area contributed by atoms with Gasteiger partial charge in [-0.1, -0.05) is 0 Å². The Morgan fingerprint density at radius 1 is 1.31 bits per heavy atom. The van der Waals surface area contributed by atoms with Crippen molar-refractivity contribution in [3.05, 3.63) is 24.2 Å². The highest BCUT2D eigenvalue weighted by atomic mass is 16.5. The first-order valence-corrected chi connectivity index (χ1v) is 4.38. The van der Waals surface area contributed by atoms with Crippen LogP contribution in [0.15, 0.2) is 18.5 Å². The van der Waals surface area contributed by atoms with E-state index in [0.717, 1.165) is 0 Å². The zero-order chi connectivity index (χ0) is 11.7. The van der Waals surface area contributed by atoms with Crippen LogP contribution in [-0.2, 0) is 4.74 Å². The number of aromatic hydroxyl groups is 2. The van der Waals surface area contributed by atoms with Gasteiger partial charge in [0, 0.05) is 11.6 Å². The molecular formula is C10H8N2O4. The predicted octanol–water partition coefficient (Wildman–Crippen LogP) is 0.828. The number of methoxy groups -OCH3 is 1. The van der Waals surface area contributed by atoms with E-state index in [1.165, 1.54) is 25.6 Å². The number of fused-ring (bicyclic) bond motifs is 1. The van der Waals surface area contributed by atoms with Crippen LogP contribution in [0.4, 0.5) is 0 Å². The number of aromatic nitrogens is 2. The zero-order valence-electron chi connectivity index (χ0n) is 8.34. The Morgan fingerprint density at radius 3 is 2.75 bits per heavy atom. The molecule has 2 N–H and O–H groups in total. The summed E-state index contributed by atoms with van der Waals surface area (Å²) in [5.74, 6) is -1.14. The number of ether oxygens (including phenoxy) is 1. The molecule has 2 rings (SSSR count). The van der Waals surface area contributed by atoms with Gasteiger partial charge in [-0.25, -0.2) is 14.8 Å². The summed E-state index contributed by atoms with van der Waals surface area (Å²) in [6.07, 6.45) is 2.50. The number of hydrogen-bond acceptors (Lipinski definition) is 6. The third-order valence-corrected chi connectivity index (χ3v) is 2.06. The van der Waals surface area contributed by atoms with Gasteiger partial charge in [0.05, 0.1) is 13.3 Å². The van der Waals surface area contributed by atoms with E-state index < -0.39 is 5.97 Å². The van der Waals surface area contributed by atoms with Gasteiger partial charge in [-0.05, 0) is 6.07 Å². The Morgan fingerprint density at radius 2 is 2.06 bits per heavy atom. The molecule has 0 aliphatic rings. The number of nitrogens with zero attached hydrogens (tertiary/aromatic N) is 2. The first kappa shape index (κ1) is 10.2. The van der Waals surface area contributed by atoms with Gasteiger partial charge in [0.2, 0.25) is 0 Å². The summed E-state index contributed by atoms with van der Waals surface area (Å²) in [7, 11) is 1.19. The summed E-state index contributed by atoms with van der Waals surface area (Å²) in [5.41, 5.74) is -0.0126. The first-order chi connectivity index (χ1) is 7.63. The molecule has 0 saturated carbocycles. The van der Waals surface area contributed by atoms with Gasteiger partial charge in [-0.3, -0.25) is 0 Å². The smallest absolute Gasteiger partial charge is 0.360 e. The van der Waals surface area contributed by atoms with E-state index in [9.17, 15) is 15.0 Å². The van der Waals surface area contributed by atoms with Crippen molar-refractivity contribution in [1.82, 2.24) is 9.97 Å². The minimum absolute atomic E-state index is 0.0421. The molecular weight excluding hydrogens is 212 g/mol. The second-order valence-corrected chi connectivity index (χ2v) is 3.08. The summed E-state index contributed by atoms with van der Waals surface area (Å²) >= 11 is 0. The van der Waals surface area contributed by atoms with Crippen LogP contribution < -0.4 is 0 Å². The Balaban J connectivity index is 2.70. The van der Waals surface area contributed by atoms with E-state index in [1.54, 1.807) is 0 Å². The normalized spacial score (nSPS) is 10.3. The molecule has 0 unspecified atom stereocenters. The lowest BCUT2D eigenvalue weighted by molar-refractivity contribution is 0.0591. The zero-order valence-corrected chi connectivity index (χ0v) is 8.34. The van der Waals surface area contributed by atoms with Crippen molar-refractivity contribution in [2.45, 2.75) is 0 Å². The highest BCUT2D eigenvalue weighted by Gasteiger charge is 2.16. The average Bonchev–Trinajstić information content (AvgIpc) is 2.28. The Bertz CT molecular complexity index is 568. The lowest BCUT2D eigenvalue weighted by Gasteiger charge is -2.04. The SMILES string of the molecule is COC(=O)c1ncc2cc(O)cnc2c1O. The Hall–Kier alpha value is -2.37. The standard InChI is InChI=1S/C10H8N2O4/c1-16-10(15)8-9(14)7-5(3-11-8)2-6(13)4-12-7/h2-4,13-14H,1H3. The molecule has 0 aromatic carbocycles. The Kier molecular flexibility index (Phi) is 2.32. The van der Waals surface area contributed by atoms with Crippen molar-refractivity contribution in [1.29, 1.82) is 0 Å². The number of carbonyl (C=O) groups excluding carboxylic acids is 1. The third-order valence-electron chi connectivity index (χ3n) is 2.06. The van der Waals surface area contributed by atoms with Crippen LogP contribution in [0, 0.1) is 0 Å². The molecule has 2 aromatic rings. The van der Waals surface area contributed by atoms with Crippen LogP contribution in [0.3, 0.4) is 0 Å². The summed E-state index contributed by atoms with van der Waals surface area (Å²) < 4.78 is 4.45. The van der Waals surface area contributed by atoms with Crippen molar-refractivity contribution in [2.75, 3.05) is 7.11 Å². The number of carbonyl (C=O) groups is 1. The lowest BCUT2D eigenvalue weighted by Crippen LogP contribution is -2.04. The minimum atomic E-state index is -0.741. The number of esters is 1. The fourth-order valence-electron chi connectivity index (χ4n) is 1.32. The molecule has 16 heavy (non-hydrogen) atoms. The molecule has 0 saturated heterocycles. The van der Waals surface area contributed by atoms with E-state index in [0.29, 0.717) is 5.39 Å². The van der Waals surface area contributed by atoms with E-state index in [2.05, 4.69) is 14.7 Å². The quantitative estimate of drug-likeness (QED) is 0.691. The van der Waals surface area contributed by atoms with E-state index in [4.69, 9.17) is 0 Å². The van der Waals surface area contributed by atoms with Gasteiger partial charge < -0.3 is 14.9 Å². The van der Waals surface area contributed by atoms with Crippen LogP contribution in [0.1, 0.15) is 10.5 Å². The van der Waals surface area contributed by atoms with Crippen molar-refractivity contribution in [3.63, 3.8) is 0 Å². The lowest BCUT2D eigenvalue weighted by atomic mass is 10.2. The largest absolute Gasteiger partial charge is 0.506 e. The molecule has 2 aromatic heterocycles. The van der Waals surface area contributed by atoms with Crippen LogP contribution in [0.5, 0.6) is 11.5 Å². The second-order valence-electron chi connectivity index (χ2n) is 3.08. The summed E-state index contributed by atoms with van der Waals surface area (Å²) in [6, 6.07) is 1.39. The fourth-order valence-corrected chi connectivity index (χ4v) is 1.32. The second kappa shape index (κ2) is 3.65. The van der Waals surface area contributed by atoms with Crippen molar-refractivity contribution in [2.24, 2.45) is 0 Å². The topological polar surface area (TPSA) is 92.5 Å². The van der Waals surface area contributed by atoms with Crippen LogP contribution in [-0.4, -0.2) is 33.3 Å². The summed E-state index contributed by atoms with van der Waals surface area (Å²) in [6.45, 7) is 0. The molecule has 2 heterocycles. The molecule has 0 amide bonds. The molecule has 82 valence electrons.